The topological polar surface area (TPSA) is 89.3 Å². The Bertz CT molecular complexity index is 666. The van der Waals surface area contributed by atoms with Crippen molar-refractivity contribution in [3.63, 3.8) is 0 Å². The van der Waals surface area contributed by atoms with Crippen LogP contribution in [0.3, 0.4) is 0 Å². The Morgan fingerprint density at radius 1 is 1.45 bits per heavy atom. The second-order valence-electron chi connectivity index (χ2n) is 5.64. The number of carbonyl (C=O) groups is 1. The lowest BCUT2D eigenvalue weighted by Gasteiger charge is -2.12. The predicted octanol–water partition coefficient (Wildman–Crippen LogP) is 1.31. The van der Waals surface area contributed by atoms with Gasteiger partial charge in [0.15, 0.2) is 0 Å². The van der Waals surface area contributed by atoms with Gasteiger partial charge in [-0.05, 0) is 42.9 Å². The lowest BCUT2D eigenvalue weighted by atomic mass is 10.1. The van der Waals surface area contributed by atoms with E-state index in [1.54, 1.807) is 0 Å². The number of hydrogen-bond donors (Lipinski definition) is 2. The van der Waals surface area contributed by atoms with Crippen LogP contribution in [0.5, 0.6) is 0 Å². The Morgan fingerprint density at radius 3 is 2.55 bits per heavy atom. The number of hydrogen-bond acceptors (Lipinski definition) is 3. The fourth-order valence-corrected chi connectivity index (χ4v) is 2.47. The van der Waals surface area contributed by atoms with Crippen molar-refractivity contribution in [3.8, 4) is 0 Å². The Morgan fingerprint density at radius 2 is 2.05 bits per heavy atom. The number of amides is 1. The summed E-state index contributed by atoms with van der Waals surface area (Å²) in [7, 11) is -3.98. The first kappa shape index (κ1) is 14.9. The average molecular weight is 300 g/mol. The van der Waals surface area contributed by atoms with Crippen LogP contribution >= 0.6 is 0 Å². The zero-order chi connectivity index (χ0) is 15.1. The van der Waals surface area contributed by atoms with Crippen molar-refractivity contribution in [2.75, 3.05) is 6.54 Å². The number of halogens is 1. The Balaban J connectivity index is 2.30. The van der Waals surface area contributed by atoms with Gasteiger partial charge in [0, 0.05) is 6.54 Å². The van der Waals surface area contributed by atoms with Crippen LogP contribution in [0.25, 0.3) is 0 Å². The number of sulfonamides is 1. The lowest BCUT2D eigenvalue weighted by Crippen LogP contribution is -2.30. The molecule has 1 fully saturated rings. The SMILES string of the molecule is Cc1cc(S(N)(=O)=O)cc(C(=O)NCC2(C)CC2)c1F. The summed E-state index contributed by atoms with van der Waals surface area (Å²) in [5.41, 5.74) is -0.142. The van der Waals surface area contributed by atoms with E-state index in [0.717, 1.165) is 25.0 Å². The normalized spacial score (nSPS) is 16.8. The molecule has 0 heterocycles. The van der Waals surface area contributed by atoms with Crippen LogP contribution in [-0.4, -0.2) is 20.9 Å². The lowest BCUT2D eigenvalue weighted by molar-refractivity contribution is 0.0941. The monoisotopic (exact) mass is 300 g/mol. The highest BCUT2D eigenvalue weighted by Crippen LogP contribution is 2.44. The van der Waals surface area contributed by atoms with Crippen molar-refractivity contribution in [1.29, 1.82) is 0 Å². The first-order valence-electron chi connectivity index (χ1n) is 6.24. The summed E-state index contributed by atoms with van der Waals surface area (Å²) in [5.74, 6) is -1.35. The molecule has 1 saturated carbocycles. The van der Waals surface area contributed by atoms with Gasteiger partial charge in [0.25, 0.3) is 5.91 Å². The molecule has 1 amide bonds. The molecule has 0 bridgehead atoms. The maximum atomic E-state index is 14.0. The maximum absolute atomic E-state index is 14.0. The second-order valence-corrected chi connectivity index (χ2v) is 7.20. The molecule has 1 aliphatic carbocycles. The highest BCUT2D eigenvalue weighted by atomic mass is 32.2. The van der Waals surface area contributed by atoms with Gasteiger partial charge in [-0.15, -0.1) is 0 Å². The van der Waals surface area contributed by atoms with E-state index in [9.17, 15) is 17.6 Å². The van der Waals surface area contributed by atoms with E-state index in [0.29, 0.717) is 6.54 Å². The standard InChI is InChI=1S/C13H17FN2O3S/c1-8-5-9(20(15,18)19)6-10(11(8)14)12(17)16-7-13(2)3-4-13/h5-6H,3-4,7H2,1-2H3,(H,16,17)(H2,15,18,19). The van der Waals surface area contributed by atoms with Crippen LogP contribution in [-0.2, 0) is 10.0 Å². The number of aryl methyl sites for hydroxylation is 1. The zero-order valence-electron chi connectivity index (χ0n) is 11.4. The van der Waals surface area contributed by atoms with E-state index in [1.165, 1.54) is 6.92 Å². The number of nitrogens with one attached hydrogen (secondary N) is 1. The summed E-state index contributed by atoms with van der Waals surface area (Å²) in [6.07, 6.45) is 2.04. The molecule has 0 spiro atoms. The van der Waals surface area contributed by atoms with Gasteiger partial charge in [0.05, 0.1) is 10.5 Å². The molecule has 0 radical (unpaired) electrons. The third-order valence-electron chi connectivity index (χ3n) is 3.58. The molecule has 1 aromatic rings. The van der Waals surface area contributed by atoms with Crippen LogP contribution in [0.4, 0.5) is 4.39 Å². The third-order valence-corrected chi connectivity index (χ3v) is 4.47. The Kier molecular flexibility index (Phi) is 3.60. The summed E-state index contributed by atoms with van der Waals surface area (Å²) in [4.78, 5) is 11.7. The van der Waals surface area contributed by atoms with E-state index >= 15 is 0 Å². The largest absolute Gasteiger partial charge is 0.351 e. The molecule has 1 aliphatic rings. The minimum absolute atomic E-state index is 0.0688. The molecule has 0 aromatic heterocycles. The van der Waals surface area contributed by atoms with Crippen molar-refractivity contribution in [2.45, 2.75) is 31.6 Å². The number of benzene rings is 1. The summed E-state index contributed by atoms with van der Waals surface area (Å²) in [6, 6.07) is 2.09. The minimum atomic E-state index is -3.98. The van der Waals surface area contributed by atoms with Crippen LogP contribution < -0.4 is 10.5 Å². The zero-order valence-corrected chi connectivity index (χ0v) is 12.2. The van der Waals surface area contributed by atoms with Crippen molar-refractivity contribution in [1.82, 2.24) is 5.32 Å². The van der Waals surface area contributed by atoms with Crippen LogP contribution in [0.2, 0.25) is 0 Å². The summed E-state index contributed by atoms with van der Waals surface area (Å²) < 4.78 is 36.6. The second kappa shape index (κ2) is 4.82. The fourth-order valence-electron chi connectivity index (χ4n) is 1.85. The van der Waals surface area contributed by atoms with Crippen LogP contribution in [0.15, 0.2) is 17.0 Å². The number of primary sulfonamides is 1. The molecule has 0 saturated heterocycles. The molecule has 110 valence electrons. The quantitative estimate of drug-likeness (QED) is 0.878. The van der Waals surface area contributed by atoms with Gasteiger partial charge in [0.1, 0.15) is 5.82 Å². The van der Waals surface area contributed by atoms with Gasteiger partial charge >= 0.3 is 0 Å². The van der Waals surface area contributed by atoms with Crippen molar-refractivity contribution in [2.24, 2.45) is 10.6 Å². The molecule has 0 unspecified atom stereocenters. The number of rotatable bonds is 4. The molecule has 2 rings (SSSR count). The van der Waals surface area contributed by atoms with Gasteiger partial charge in [-0.2, -0.15) is 0 Å². The molecule has 1 aromatic carbocycles. The van der Waals surface area contributed by atoms with Crippen LogP contribution in [0.1, 0.15) is 35.7 Å². The molecule has 20 heavy (non-hydrogen) atoms. The molecular weight excluding hydrogens is 283 g/mol. The maximum Gasteiger partial charge on any atom is 0.254 e. The van der Waals surface area contributed by atoms with Crippen molar-refractivity contribution >= 4 is 15.9 Å². The summed E-state index contributed by atoms with van der Waals surface area (Å²) in [5, 5.41) is 7.65. The highest BCUT2D eigenvalue weighted by molar-refractivity contribution is 7.89. The highest BCUT2D eigenvalue weighted by Gasteiger charge is 2.37. The van der Waals surface area contributed by atoms with Gasteiger partial charge in [-0.3, -0.25) is 4.79 Å². The molecule has 0 aliphatic heterocycles. The predicted molar refractivity (Wildman–Crippen MR) is 72.2 cm³/mol. The van der Waals surface area contributed by atoms with E-state index in [4.69, 9.17) is 5.14 Å². The number of carbonyl (C=O) groups excluding carboxylic acids is 1. The first-order valence-corrected chi connectivity index (χ1v) is 7.78. The molecule has 0 atom stereocenters. The van der Waals surface area contributed by atoms with Gasteiger partial charge in [-0.1, -0.05) is 6.92 Å². The fraction of sp³-hybridized carbons (Fsp3) is 0.462. The molecule has 7 heteroatoms. The van der Waals surface area contributed by atoms with Gasteiger partial charge < -0.3 is 5.32 Å². The van der Waals surface area contributed by atoms with Crippen molar-refractivity contribution < 1.29 is 17.6 Å². The molecular formula is C13H17FN2O3S. The average Bonchev–Trinajstić information content (AvgIpc) is 3.07. The first-order chi connectivity index (χ1) is 9.12. The van der Waals surface area contributed by atoms with Gasteiger partial charge in [0.2, 0.25) is 10.0 Å². The van der Waals surface area contributed by atoms with E-state index in [-0.39, 0.29) is 21.4 Å². The number of nitrogens with two attached hydrogens (primary N) is 1. The molecule has 5 nitrogen and oxygen atoms in total. The summed E-state index contributed by atoms with van der Waals surface area (Å²) in [6.45, 7) is 3.86. The Labute approximate surface area is 117 Å². The van der Waals surface area contributed by atoms with E-state index in [1.807, 2.05) is 6.92 Å². The summed E-state index contributed by atoms with van der Waals surface area (Å²) >= 11 is 0. The van der Waals surface area contributed by atoms with E-state index in [2.05, 4.69) is 5.32 Å². The Hall–Kier alpha value is -1.47. The minimum Gasteiger partial charge on any atom is -0.351 e. The third kappa shape index (κ3) is 3.16. The van der Waals surface area contributed by atoms with Crippen molar-refractivity contribution in [3.05, 3.63) is 29.1 Å². The molecule has 3 N–H and O–H groups in total. The van der Waals surface area contributed by atoms with Crippen LogP contribution in [0, 0.1) is 18.2 Å². The van der Waals surface area contributed by atoms with Gasteiger partial charge in [-0.25, -0.2) is 17.9 Å². The smallest absolute Gasteiger partial charge is 0.254 e. The van der Waals surface area contributed by atoms with E-state index < -0.39 is 21.7 Å².